The molecule has 1 aromatic carbocycles. The molecule has 172 valence electrons. The van der Waals surface area contributed by atoms with Gasteiger partial charge in [-0.1, -0.05) is 44.5 Å². The van der Waals surface area contributed by atoms with Gasteiger partial charge in [0.05, 0.1) is 12.2 Å². The van der Waals surface area contributed by atoms with Crippen LogP contribution in [0.1, 0.15) is 82.5 Å². The highest BCUT2D eigenvalue weighted by atomic mass is 16.5. The van der Waals surface area contributed by atoms with Gasteiger partial charge in [0.1, 0.15) is 0 Å². The third-order valence-electron chi connectivity index (χ3n) is 10.2. The van der Waals surface area contributed by atoms with Crippen molar-refractivity contribution in [3.8, 4) is 0 Å². The van der Waals surface area contributed by atoms with Crippen LogP contribution in [0.15, 0.2) is 42.0 Å². The molecule has 4 aliphatic rings. The van der Waals surface area contributed by atoms with E-state index in [2.05, 4.69) is 20.8 Å². The maximum atomic E-state index is 12.5. The fourth-order valence-corrected chi connectivity index (χ4v) is 8.52. The molecule has 0 radical (unpaired) electrons. The summed E-state index contributed by atoms with van der Waals surface area (Å²) < 4.78 is 5.75. The number of carbonyl (C=O) groups excluding carboxylic acids is 2. The highest BCUT2D eigenvalue weighted by molar-refractivity contribution is 5.91. The van der Waals surface area contributed by atoms with Crippen LogP contribution in [-0.2, 0) is 9.53 Å². The van der Waals surface area contributed by atoms with Crippen LogP contribution in [0.4, 0.5) is 0 Å². The number of benzene rings is 1. The Labute approximate surface area is 193 Å². The van der Waals surface area contributed by atoms with Gasteiger partial charge in [-0.3, -0.25) is 4.79 Å². The van der Waals surface area contributed by atoms with E-state index in [0.717, 1.165) is 37.0 Å². The molecular weight excluding hydrogens is 396 g/mol. The Hall–Kier alpha value is -1.90. The Morgan fingerprint density at radius 3 is 2.59 bits per heavy atom. The van der Waals surface area contributed by atoms with Crippen LogP contribution in [-0.4, -0.2) is 18.4 Å². The van der Waals surface area contributed by atoms with Crippen molar-refractivity contribution < 1.29 is 14.3 Å². The number of esters is 1. The summed E-state index contributed by atoms with van der Waals surface area (Å²) in [7, 11) is 0. The molecule has 0 heterocycles. The first-order valence-electron chi connectivity index (χ1n) is 12.8. The first kappa shape index (κ1) is 21.9. The largest absolute Gasteiger partial charge is 0.462 e. The van der Waals surface area contributed by atoms with Crippen LogP contribution in [0, 0.1) is 40.4 Å². The van der Waals surface area contributed by atoms with E-state index in [0.29, 0.717) is 35.2 Å². The number of rotatable bonds is 4. The lowest BCUT2D eigenvalue weighted by Crippen LogP contribution is -2.51. The topological polar surface area (TPSA) is 43.4 Å². The predicted octanol–water partition coefficient (Wildman–Crippen LogP) is 6.63. The highest BCUT2D eigenvalue weighted by Gasteiger charge is 2.59. The Kier molecular flexibility index (Phi) is 5.58. The monoisotopic (exact) mass is 434 g/mol. The van der Waals surface area contributed by atoms with Crippen molar-refractivity contribution in [3.05, 3.63) is 47.5 Å². The molecule has 0 bridgehead atoms. The van der Waals surface area contributed by atoms with Crippen molar-refractivity contribution in [2.45, 2.75) is 72.1 Å². The summed E-state index contributed by atoms with van der Waals surface area (Å²) in [5.41, 5.74) is 2.69. The summed E-state index contributed by atoms with van der Waals surface area (Å²) in [5.74, 6) is 3.44. The molecule has 3 fully saturated rings. The zero-order chi connectivity index (χ0) is 22.5. The lowest BCUT2D eigenvalue weighted by molar-refractivity contribution is -0.117. The number of hydrogen-bond donors (Lipinski definition) is 0. The molecule has 0 saturated heterocycles. The van der Waals surface area contributed by atoms with E-state index >= 15 is 0 Å². The minimum atomic E-state index is -0.202. The van der Waals surface area contributed by atoms with Crippen molar-refractivity contribution in [1.82, 2.24) is 0 Å². The van der Waals surface area contributed by atoms with Gasteiger partial charge in [-0.2, -0.15) is 0 Å². The zero-order valence-electron chi connectivity index (χ0n) is 19.9. The molecule has 5 rings (SSSR count). The molecule has 1 aromatic rings. The van der Waals surface area contributed by atoms with Gasteiger partial charge >= 0.3 is 5.97 Å². The van der Waals surface area contributed by atoms with Crippen molar-refractivity contribution in [2.75, 3.05) is 6.61 Å². The minimum absolute atomic E-state index is 0.202. The van der Waals surface area contributed by atoms with E-state index in [1.54, 1.807) is 0 Å². The SMILES string of the molecule is CC(COC(=O)c1ccccc1)[C@H]1CC[C@H]2[C@@H]3CCC4=CC(=O)CC[C@]4(C)[C@H]3CC[C@]12C. The van der Waals surface area contributed by atoms with Gasteiger partial charge in [0, 0.05) is 6.42 Å². The van der Waals surface area contributed by atoms with Crippen LogP contribution in [0.5, 0.6) is 0 Å². The van der Waals surface area contributed by atoms with Crippen molar-refractivity contribution in [3.63, 3.8) is 0 Å². The third-order valence-corrected chi connectivity index (χ3v) is 10.2. The molecule has 0 aromatic heterocycles. The lowest BCUT2D eigenvalue weighted by atomic mass is 9.46. The maximum Gasteiger partial charge on any atom is 0.338 e. The van der Waals surface area contributed by atoms with Gasteiger partial charge in [-0.25, -0.2) is 4.79 Å². The molecule has 0 spiro atoms. The number of allylic oxidation sites excluding steroid dienone is 1. The van der Waals surface area contributed by atoms with Crippen molar-refractivity contribution >= 4 is 11.8 Å². The lowest BCUT2D eigenvalue weighted by Gasteiger charge is -2.58. The summed E-state index contributed by atoms with van der Waals surface area (Å²) in [5, 5.41) is 0. The minimum Gasteiger partial charge on any atom is -0.462 e. The fraction of sp³-hybridized carbons (Fsp3) is 0.655. The van der Waals surface area contributed by atoms with E-state index in [1.165, 1.54) is 37.7 Å². The number of hydrogen-bond acceptors (Lipinski definition) is 3. The van der Waals surface area contributed by atoms with Crippen molar-refractivity contribution in [2.24, 2.45) is 40.4 Å². The number of carbonyl (C=O) groups is 2. The second kappa shape index (κ2) is 8.15. The van der Waals surface area contributed by atoms with Gasteiger partial charge < -0.3 is 4.74 Å². The summed E-state index contributed by atoms with van der Waals surface area (Å²) in [6.07, 6.45) is 11.3. The van der Waals surface area contributed by atoms with E-state index in [1.807, 2.05) is 36.4 Å². The smallest absolute Gasteiger partial charge is 0.338 e. The van der Waals surface area contributed by atoms with Crippen molar-refractivity contribution in [1.29, 1.82) is 0 Å². The van der Waals surface area contributed by atoms with Crippen LogP contribution >= 0.6 is 0 Å². The summed E-state index contributed by atoms with van der Waals surface area (Å²) in [6.45, 7) is 7.81. The van der Waals surface area contributed by atoms with E-state index in [4.69, 9.17) is 4.74 Å². The Morgan fingerprint density at radius 1 is 1.03 bits per heavy atom. The average Bonchev–Trinajstić information content (AvgIpc) is 3.15. The van der Waals surface area contributed by atoms with E-state index < -0.39 is 0 Å². The number of fused-ring (bicyclic) bond motifs is 5. The second-order valence-corrected chi connectivity index (χ2v) is 11.6. The second-order valence-electron chi connectivity index (χ2n) is 11.6. The fourth-order valence-electron chi connectivity index (χ4n) is 8.52. The highest BCUT2D eigenvalue weighted by Crippen LogP contribution is 2.67. The van der Waals surface area contributed by atoms with Crippen LogP contribution in [0.25, 0.3) is 0 Å². The van der Waals surface area contributed by atoms with Crippen LogP contribution in [0.2, 0.25) is 0 Å². The van der Waals surface area contributed by atoms with Crippen LogP contribution in [0.3, 0.4) is 0 Å². The number of ether oxygens (including phenoxy) is 1. The normalized spacial score (nSPS) is 39.3. The first-order chi connectivity index (χ1) is 15.3. The summed E-state index contributed by atoms with van der Waals surface area (Å²) in [6, 6.07) is 9.34. The molecule has 0 amide bonds. The van der Waals surface area contributed by atoms with Gasteiger partial charge in [-0.15, -0.1) is 0 Å². The zero-order valence-corrected chi connectivity index (χ0v) is 19.9. The quantitative estimate of drug-likeness (QED) is 0.500. The summed E-state index contributed by atoms with van der Waals surface area (Å²) >= 11 is 0. The van der Waals surface area contributed by atoms with E-state index in [-0.39, 0.29) is 11.4 Å². The Morgan fingerprint density at radius 2 is 1.81 bits per heavy atom. The predicted molar refractivity (Wildman–Crippen MR) is 126 cm³/mol. The first-order valence-corrected chi connectivity index (χ1v) is 12.8. The molecule has 32 heavy (non-hydrogen) atoms. The Balaban J connectivity index is 1.28. The molecule has 1 unspecified atom stereocenters. The number of ketones is 1. The van der Waals surface area contributed by atoms with Gasteiger partial charge in [-0.05, 0) is 104 Å². The molecular formula is C29H38O3. The van der Waals surface area contributed by atoms with Gasteiger partial charge in [0.2, 0.25) is 0 Å². The van der Waals surface area contributed by atoms with Gasteiger partial charge in [0.25, 0.3) is 0 Å². The molecule has 3 saturated carbocycles. The molecule has 0 N–H and O–H groups in total. The van der Waals surface area contributed by atoms with Crippen LogP contribution < -0.4 is 0 Å². The average molecular weight is 435 g/mol. The third kappa shape index (κ3) is 3.47. The van der Waals surface area contributed by atoms with E-state index in [9.17, 15) is 9.59 Å². The maximum absolute atomic E-state index is 12.5. The molecule has 3 nitrogen and oxygen atoms in total. The summed E-state index contributed by atoms with van der Waals surface area (Å²) in [4.78, 5) is 24.5. The molecule has 0 aliphatic heterocycles. The molecule has 4 aliphatic carbocycles. The standard InChI is InChI=1S/C29H38O3/c1-19(18-32-27(31)20-7-5-4-6-8-20)24-11-12-25-23-10-9-21-17-22(30)13-15-28(21,2)26(23)14-16-29(24,25)3/h4-8,17,19,23-26H,9-16,18H2,1-3H3/t19?,23-,24+,25-,26-,28-,29+/m0/s1. The Bertz CT molecular complexity index is 918. The molecule has 7 atom stereocenters. The molecule has 3 heteroatoms. The van der Waals surface area contributed by atoms with Gasteiger partial charge in [0.15, 0.2) is 5.78 Å².